The Morgan fingerprint density at radius 3 is 2.39 bits per heavy atom. The fourth-order valence-electron chi connectivity index (χ4n) is 4.09. The largest absolute Gasteiger partial charge is 0.367 e. The van der Waals surface area contributed by atoms with Crippen molar-refractivity contribution in [2.75, 3.05) is 24.7 Å². The van der Waals surface area contributed by atoms with E-state index in [0.29, 0.717) is 6.04 Å². The first-order valence-corrected chi connectivity index (χ1v) is 12.8. The van der Waals surface area contributed by atoms with Crippen LogP contribution in [0.4, 0.5) is 17.3 Å². The van der Waals surface area contributed by atoms with Crippen LogP contribution in [0.2, 0.25) is 0 Å². The Balaban J connectivity index is 1.66. The fourth-order valence-corrected chi connectivity index (χ4v) is 4.99. The van der Waals surface area contributed by atoms with E-state index >= 15 is 0 Å². The number of sulfonamides is 1. The lowest BCUT2D eigenvalue weighted by Gasteiger charge is -2.27. The Hall–Kier alpha value is -2.69. The maximum Gasteiger partial charge on any atom is 0.242 e. The minimum absolute atomic E-state index is 0.247. The average Bonchev–Trinajstić information content (AvgIpc) is 3.20. The van der Waals surface area contributed by atoms with Crippen LogP contribution in [0.5, 0.6) is 0 Å². The number of anilines is 3. The molecule has 0 atom stereocenters. The first-order valence-electron chi connectivity index (χ1n) is 11.4. The van der Waals surface area contributed by atoms with Crippen molar-refractivity contribution in [2.45, 2.75) is 62.4 Å². The van der Waals surface area contributed by atoms with E-state index in [9.17, 15) is 8.42 Å². The predicted molar refractivity (Wildman–Crippen MR) is 132 cm³/mol. The van der Waals surface area contributed by atoms with Gasteiger partial charge >= 0.3 is 0 Å². The molecule has 9 nitrogen and oxygen atoms in total. The first-order chi connectivity index (χ1) is 15.6. The van der Waals surface area contributed by atoms with Gasteiger partial charge in [-0.25, -0.2) is 17.7 Å². The molecule has 0 radical (unpaired) electrons. The quantitative estimate of drug-likeness (QED) is 0.482. The Labute approximate surface area is 195 Å². The third-order valence-electron chi connectivity index (χ3n) is 6.15. The summed E-state index contributed by atoms with van der Waals surface area (Å²) in [6.07, 6.45) is 5.92. The third-order valence-corrected chi connectivity index (χ3v) is 7.98. The molecule has 1 aliphatic carbocycles. The standard InChI is InChI=1S/C23H33N7O2S/c1-15(2)20-14-25-30-22(27-18-9-11-19(12-10-18)33(31,32)29(3)4)13-21(28-23(20)30)26-17-7-5-16(24)6-8-17/h9-17,27H,5-8,24H2,1-4H3,(H,26,28)/t16-,17+. The lowest BCUT2D eigenvalue weighted by molar-refractivity contribution is 0.410. The minimum atomic E-state index is -3.48. The van der Waals surface area contributed by atoms with Crippen molar-refractivity contribution in [3.8, 4) is 0 Å². The molecule has 2 heterocycles. The lowest BCUT2D eigenvalue weighted by Crippen LogP contribution is -2.33. The Morgan fingerprint density at radius 2 is 1.79 bits per heavy atom. The zero-order valence-corrected chi connectivity index (χ0v) is 20.4. The zero-order valence-electron chi connectivity index (χ0n) is 19.6. The number of hydrogen-bond donors (Lipinski definition) is 3. The van der Waals surface area contributed by atoms with Crippen LogP contribution in [0.25, 0.3) is 5.65 Å². The van der Waals surface area contributed by atoms with Gasteiger partial charge in [-0.3, -0.25) is 0 Å². The highest BCUT2D eigenvalue weighted by Crippen LogP contribution is 2.28. The van der Waals surface area contributed by atoms with Gasteiger partial charge in [0, 0.05) is 43.5 Å². The van der Waals surface area contributed by atoms with E-state index in [1.165, 1.54) is 18.4 Å². The summed E-state index contributed by atoms with van der Waals surface area (Å²) in [5, 5.41) is 11.5. The van der Waals surface area contributed by atoms with Crippen molar-refractivity contribution < 1.29 is 8.42 Å². The second-order valence-electron chi connectivity index (χ2n) is 9.21. The number of fused-ring (bicyclic) bond motifs is 1. The number of nitrogens with one attached hydrogen (secondary N) is 2. The summed E-state index contributed by atoms with van der Waals surface area (Å²) in [7, 11) is -0.432. The molecule has 0 aliphatic heterocycles. The van der Waals surface area contributed by atoms with Gasteiger partial charge in [0.1, 0.15) is 11.6 Å². The van der Waals surface area contributed by atoms with Gasteiger partial charge in [-0.15, -0.1) is 0 Å². The molecule has 0 unspecified atom stereocenters. The van der Waals surface area contributed by atoms with Gasteiger partial charge in [0.05, 0.1) is 11.1 Å². The summed E-state index contributed by atoms with van der Waals surface area (Å²) in [6, 6.07) is 9.29. The van der Waals surface area contributed by atoms with Crippen LogP contribution in [0.1, 0.15) is 51.0 Å². The van der Waals surface area contributed by atoms with Gasteiger partial charge in [-0.1, -0.05) is 13.8 Å². The van der Waals surface area contributed by atoms with Gasteiger partial charge in [0.15, 0.2) is 5.65 Å². The zero-order chi connectivity index (χ0) is 23.8. The van der Waals surface area contributed by atoms with Crippen LogP contribution in [0.15, 0.2) is 41.4 Å². The molecule has 1 aliphatic rings. The number of hydrogen-bond acceptors (Lipinski definition) is 7. The van der Waals surface area contributed by atoms with Crippen molar-refractivity contribution in [2.24, 2.45) is 5.73 Å². The molecule has 0 saturated heterocycles. The van der Waals surface area contributed by atoms with E-state index in [2.05, 4.69) is 29.6 Å². The molecule has 33 heavy (non-hydrogen) atoms. The number of rotatable bonds is 7. The molecule has 0 spiro atoms. The summed E-state index contributed by atoms with van der Waals surface area (Å²) in [5.74, 6) is 1.83. The van der Waals surface area contributed by atoms with Crippen LogP contribution < -0.4 is 16.4 Å². The maximum absolute atomic E-state index is 12.4. The molecule has 2 aromatic heterocycles. The molecule has 1 fully saturated rings. The van der Waals surface area contributed by atoms with Gasteiger partial charge in [0.25, 0.3) is 0 Å². The van der Waals surface area contributed by atoms with E-state index in [1.54, 1.807) is 28.8 Å². The van der Waals surface area contributed by atoms with Gasteiger partial charge in [-0.05, 0) is 55.9 Å². The maximum atomic E-state index is 12.4. The van der Waals surface area contributed by atoms with Crippen LogP contribution >= 0.6 is 0 Å². The lowest BCUT2D eigenvalue weighted by atomic mass is 9.92. The predicted octanol–water partition coefficient (Wildman–Crippen LogP) is 3.53. The smallest absolute Gasteiger partial charge is 0.242 e. The summed E-state index contributed by atoms with van der Waals surface area (Å²) in [4.78, 5) is 5.12. The van der Waals surface area contributed by atoms with Crippen molar-refractivity contribution in [1.29, 1.82) is 0 Å². The Morgan fingerprint density at radius 1 is 1.12 bits per heavy atom. The highest BCUT2D eigenvalue weighted by atomic mass is 32.2. The van der Waals surface area contributed by atoms with Gasteiger partial charge < -0.3 is 16.4 Å². The summed E-state index contributed by atoms with van der Waals surface area (Å²) in [6.45, 7) is 4.25. The minimum Gasteiger partial charge on any atom is -0.367 e. The number of nitrogens with two attached hydrogens (primary N) is 1. The summed E-state index contributed by atoms with van der Waals surface area (Å²) in [5.41, 5.74) is 8.70. The molecule has 4 N–H and O–H groups in total. The molecule has 1 saturated carbocycles. The van der Waals surface area contributed by atoms with E-state index < -0.39 is 10.0 Å². The molecule has 4 rings (SSSR count). The highest BCUT2D eigenvalue weighted by molar-refractivity contribution is 7.89. The molecule has 3 aromatic rings. The Bertz CT molecular complexity index is 1210. The van der Waals surface area contributed by atoms with E-state index in [-0.39, 0.29) is 16.9 Å². The molecule has 178 valence electrons. The normalized spacial score (nSPS) is 19.4. The van der Waals surface area contributed by atoms with Gasteiger partial charge in [0.2, 0.25) is 10.0 Å². The number of nitrogens with zero attached hydrogens (tertiary/aromatic N) is 4. The molecule has 0 bridgehead atoms. The van der Waals surface area contributed by atoms with Crippen LogP contribution in [0, 0.1) is 0 Å². The fraction of sp³-hybridized carbons (Fsp3) is 0.478. The Kier molecular flexibility index (Phi) is 6.60. The molecule has 0 amide bonds. The number of benzene rings is 1. The summed E-state index contributed by atoms with van der Waals surface area (Å²) < 4.78 is 27.7. The third kappa shape index (κ3) is 4.97. The van der Waals surface area contributed by atoms with E-state index in [0.717, 1.165) is 54.2 Å². The van der Waals surface area contributed by atoms with Crippen molar-refractivity contribution >= 4 is 33.0 Å². The van der Waals surface area contributed by atoms with Crippen LogP contribution in [-0.2, 0) is 10.0 Å². The first kappa shape index (κ1) is 23.5. The van der Waals surface area contributed by atoms with Crippen molar-refractivity contribution in [1.82, 2.24) is 18.9 Å². The highest BCUT2D eigenvalue weighted by Gasteiger charge is 2.21. The van der Waals surface area contributed by atoms with Gasteiger partial charge in [-0.2, -0.15) is 9.61 Å². The molecular weight excluding hydrogens is 438 g/mol. The topological polar surface area (TPSA) is 118 Å². The van der Waals surface area contributed by atoms with Crippen LogP contribution in [-0.4, -0.2) is 53.5 Å². The number of aromatic nitrogens is 3. The monoisotopic (exact) mass is 471 g/mol. The van der Waals surface area contributed by atoms with Crippen molar-refractivity contribution in [3.63, 3.8) is 0 Å². The molecule has 10 heteroatoms. The van der Waals surface area contributed by atoms with Crippen LogP contribution in [0.3, 0.4) is 0 Å². The average molecular weight is 472 g/mol. The van der Waals surface area contributed by atoms with E-state index in [1.807, 2.05) is 12.3 Å². The second kappa shape index (κ2) is 9.28. The second-order valence-corrected chi connectivity index (χ2v) is 11.4. The molecule has 1 aromatic carbocycles. The van der Waals surface area contributed by atoms with Crippen molar-refractivity contribution in [3.05, 3.63) is 42.1 Å². The molecular formula is C23H33N7O2S. The SMILES string of the molecule is CC(C)c1cnn2c(Nc3ccc(S(=O)(=O)N(C)C)cc3)cc(N[C@H]3CC[C@@H](N)CC3)nc12. The van der Waals surface area contributed by atoms with E-state index in [4.69, 9.17) is 10.7 Å². The summed E-state index contributed by atoms with van der Waals surface area (Å²) >= 11 is 0.